The molecule has 36 heavy (non-hydrogen) atoms. The van der Waals surface area contributed by atoms with Crippen LogP contribution in [0.4, 0.5) is 5.13 Å². The van der Waals surface area contributed by atoms with Crippen LogP contribution in [0.3, 0.4) is 0 Å². The van der Waals surface area contributed by atoms with Crippen LogP contribution in [0.15, 0.2) is 42.0 Å². The SMILES string of the molecule is CC(C)C.CCCOc1ccc(-c2csc(NC(=O)CNC(=O)c3ccn(C(C)(C)C)c3)n2)cc1C. The minimum Gasteiger partial charge on any atom is -0.493 e. The van der Waals surface area contributed by atoms with Gasteiger partial charge < -0.3 is 19.9 Å². The maximum Gasteiger partial charge on any atom is 0.253 e. The summed E-state index contributed by atoms with van der Waals surface area (Å²) in [5.41, 5.74) is 3.19. The Morgan fingerprint density at radius 2 is 1.86 bits per heavy atom. The first-order chi connectivity index (χ1) is 16.9. The number of aryl methyl sites for hydroxylation is 1. The summed E-state index contributed by atoms with van der Waals surface area (Å²) in [5.74, 6) is 1.09. The second-order valence-corrected chi connectivity index (χ2v) is 11.2. The molecule has 0 saturated heterocycles. The Balaban J connectivity index is 0.00000106. The normalized spacial score (nSPS) is 11.0. The smallest absolute Gasteiger partial charge is 0.253 e. The molecule has 1 aromatic carbocycles. The van der Waals surface area contributed by atoms with E-state index >= 15 is 0 Å². The Morgan fingerprint density at radius 3 is 2.44 bits per heavy atom. The number of benzene rings is 1. The molecule has 2 N–H and O–H groups in total. The van der Waals surface area contributed by atoms with Crippen molar-refractivity contribution in [2.45, 2.75) is 67.3 Å². The van der Waals surface area contributed by atoms with Gasteiger partial charge >= 0.3 is 0 Å². The van der Waals surface area contributed by atoms with Crippen LogP contribution in [0.1, 0.15) is 70.8 Å². The molecule has 0 aliphatic carbocycles. The molecule has 0 aliphatic rings. The van der Waals surface area contributed by atoms with Crippen LogP contribution in [0.25, 0.3) is 11.3 Å². The molecule has 0 unspecified atom stereocenters. The van der Waals surface area contributed by atoms with Crippen molar-refractivity contribution in [1.82, 2.24) is 14.9 Å². The first-order valence-electron chi connectivity index (χ1n) is 12.4. The van der Waals surface area contributed by atoms with Crippen molar-refractivity contribution < 1.29 is 14.3 Å². The van der Waals surface area contributed by atoms with Crippen molar-refractivity contribution in [3.63, 3.8) is 0 Å². The van der Waals surface area contributed by atoms with Crippen LogP contribution >= 0.6 is 11.3 Å². The standard InChI is InChI=1S/C24H30N4O3S.C4H10/c1-6-11-31-20-8-7-17(12-16(20)2)19-15-32-23(26-19)27-21(29)13-25-22(30)18-9-10-28(14-18)24(3,4)5;1-4(2)3/h7-10,12,14-15H,6,11,13H2,1-5H3,(H,25,30)(H,26,27,29);4H,1-3H3. The molecule has 0 aliphatic heterocycles. The molecule has 0 bridgehead atoms. The fourth-order valence-electron chi connectivity index (χ4n) is 3.02. The van der Waals surface area contributed by atoms with Gasteiger partial charge in [-0.05, 0) is 69.9 Å². The van der Waals surface area contributed by atoms with Gasteiger partial charge in [-0.15, -0.1) is 11.3 Å². The van der Waals surface area contributed by atoms with Crippen molar-refractivity contribution in [3.8, 4) is 17.0 Å². The summed E-state index contributed by atoms with van der Waals surface area (Å²) in [6.07, 6.45) is 4.59. The summed E-state index contributed by atoms with van der Waals surface area (Å²) in [4.78, 5) is 29.1. The molecule has 0 radical (unpaired) electrons. The first-order valence-corrected chi connectivity index (χ1v) is 13.2. The Bertz CT molecular complexity index is 1140. The van der Waals surface area contributed by atoms with E-state index in [0.717, 1.165) is 34.9 Å². The predicted molar refractivity (Wildman–Crippen MR) is 149 cm³/mol. The molecule has 0 spiro atoms. The van der Waals surface area contributed by atoms with Crippen LogP contribution in [-0.2, 0) is 10.3 Å². The quantitative estimate of drug-likeness (QED) is 0.361. The van der Waals surface area contributed by atoms with Crippen molar-refractivity contribution in [2.75, 3.05) is 18.5 Å². The van der Waals surface area contributed by atoms with E-state index in [-0.39, 0.29) is 23.9 Å². The summed E-state index contributed by atoms with van der Waals surface area (Å²) in [7, 11) is 0. The zero-order valence-corrected chi connectivity index (χ0v) is 23.6. The van der Waals surface area contributed by atoms with E-state index in [1.165, 1.54) is 11.3 Å². The maximum atomic E-state index is 12.3. The molecule has 2 heterocycles. The highest BCUT2D eigenvalue weighted by Gasteiger charge is 2.16. The average molecular weight is 513 g/mol. The molecule has 3 aromatic rings. The first kappa shape index (κ1) is 29.1. The largest absolute Gasteiger partial charge is 0.493 e. The monoisotopic (exact) mass is 512 g/mol. The second-order valence-electron chi connectivity index (χ2n) is 10.3. The van der Waals surface area contributed by atoms with E-state index < -0.39 is 0 Å². The lowest BCUT2D eigenvalue weighted by Crippen LogP contribution is -2.32. The Kier molecular flexibility index (Phi) is 10.7. The van der Waals surface area contributed by atoms with E-state index in [1.54, 1.807) is 12.3 Å². The molecule has 0 fully saturated rings. The van der Waals surface area contributed by atoms with E-state index in [2.05, 4.69) is 64.1 Å². The molecule has 8 heteroatoms. The highest BCUT2D eigenvalue weighted by atomic mass is 32.1. The molecule has 7 nitrogen and oxygen atoms in total. The number of carbonyl (C=O) groups is 2. The lowest BCUT2D eigenvalue weighted by atomic mass is 10.1. The molecule has 3 rings (SSSR count). The van der Waals surface area contributed by atoms with Gasteiger partial charge in [0.25, 0.3) is 5.91 Å². The highest BCUT2D eigenvalue weighted by Crippen LogP contribution is 2.29. The number of anilines is 1. The lowest BCUT2D eigenvalue weighted by molar-refractivity contribution is -0.115. The van der Waals surface area contributed by atoms with Gasteiger partial charge in [0.05, 0.1) is 24.4 Å². The fraction of sp³-hybridized carbons (Fsp3) is 0.464. The summed E-state index contributed by atoms with van der Waals surface area (Å²) >= 11 is 1.34. The second kappa shape index (κ2) is 13.3. The third kappa shape index (κ3) is 9.15. The molecule has 2 amide bonds. The van der Waals surface area contributed by atoms with Gasteiger partial charge in [0.2, 0.25) is 5.91 Å². The van der Waals surface area contributed by atoms with Crippen molar-refractivity contribution in [2.24, 2.45) is 5.92 Å². The number of hydrogen-bond acceptors (Lipinski definition) is 5. The third-order valence-corrected chi connectivity index (χ3v) is 5.58. The number of rotatable bonds is 8. The van der Waals surface area contributed by atoms with Crippen molar-refractivity contribution in [1.29, 1.82) is 0 Å². The number of amides is 2. The minimum absolute atomic E-state index is 0.111. The van der Waals surface area contributed by atoms with E-state index in [0.29, 0.717) is 17.3 Å². The van der Waals surface area contributed by atoms with Crippen LogP contribution < -0.4 is 15.4 Å². The van der Waals surface area contributed by atoms with Gasteiger partial charge in [0.15, 0.2) is 5.13 Å². The van der Waals surface area contributed by atoms with E-state index in [4.69, 9.17) is 4.74 Å². The van der Waals surface area contributed by atoms with Crippen molar-refractivity contribution in [3.05, 3.63) is 53.2 Å². The average Bonchev–Trinajstić information content (AvgIpc) is 3.46. The number of hydrogen-bond donors (Lipinski definition) is 2. The molecular formula is C28H40N4O3S. The summed E-state index contributed by atoms with van der Waals surface area (Å²) in [6.45, 7) is 17.3. The number of thiazole rings is 1. The fourth-order valence-corrected chi connectivity index (χ4v) is 3.76. The maximum absolute atomic E-state index is 12.3. The van der Waals surface area contributed by atoms with Crippen LogP contribution in [-0.4, -0.2) is 34.5 Å². The molecule has 0 saturated carbocycles. The van der Waals surface area contributed by atoms with Crippen LogP contribution in [0.5, 0.6) is 5.75 Å². The number of nitrogens with zero attached hydrogens (tertiary/aromatic N) is 2. The number of nitrogens with one attached hydrogen (secondary N) is 2. The van der Waals surface area contributed by atoms with Gasteiger partial charge in [-0.3, -0.25) is 9.59 Å². The van der Waals surface area contributed by atoms with E-state index in [9.17, 15) is 9.59 Å². The number of ether oxygens (including phenoxy) is 1. The van der Waals surface area contributed by atoms with Gasteiger partial charge in [-0.2, -0.15) is 0 Å². The molecule has 196 valence electrons. The van der Waals surface area contributed by atoms with Gasteiger partial charge in [0.1, 0.15) is 5.75 Å². The number of carbonyl (C=O) groups excluding carboxylic acids is 2. The summed E-state index contributed by atoms with van der Waals surface area (Å²) in [5, 5.41) is 7.78. The highest BCUT2D eigenvalue weighted by molar-refractivity contribution is 7.14. The van der Waals surface area contributed by atoms with Crippen LogP contribution in [0.2, 0.25) is 0 Å². The van der Waals surface area contributed by atoms with Gasteiger partial charge in [0, 0.05) is 28.9 Å². The number of aromatic nitrogens is 2. The van der Waals surface area contributed by atoms with Gasteiger partial charge in [-0.25, -0.2) is 4.98 Å². The molecular weight excluding hydrogens is 472 g/mol. The van der Waals surface area contributed by atoms with E-state index in [1.807, 2.05) is 41.3 Å². The predicted octanol–water partition coefficient (Wildman–Crippen LogP) is 6.49. The topological polar surface area (TPSA) is 85.3 Å². The third-order valence-electron chi connectivity index (χ3n) is 4.82. The Morgan fingerprint density at radius 1 is 1.17 bits per heavy atom. The Labute approximate surface area is 219 Å². The molecule has 0 atom stereocenters. The van der Waals surface area contributed by atoms with Crippen molar-refractivity contribution >= 4 is 28.3 Å². The minimum atomic E-state index is -0.325. The zero-order valence-electron chi connectivity index (χ0n) is 22.8. The Hall–Kier alpha value is -3.13. The summed E-state index contributed by atoms with van der Waals surface area (Å²) < 4.78 is 7.68. The van der Waals surface area contributed by atoms with Crippen LogP contribution in [0, 0.1) is 12.8 Å². The molecule has 2 aromatic heterocycles. The van der Waals surface area contributed by atoms with Gasteiger partial charge in [-0.1, -0.05) is 27.7 Å². The lowest BCUT2D eigenvalue weighted by Gasteiger charge is -2.20. The summed E-state index contributed by atoms with van der Waals surface area (Å²) in [6, 6.07) is 7.67. The zero-order chi connectivity index (χ0) is 26.9.